The van der Waals surface area contributed by atoms with Gasteiger partial charge in [0.2, 0.25) is 5.78 Å². The van der Waals surface area contributed by atoms with Gasteiger partial charge in [-0.3, -0.25) is 4.79 Å². The van der Waals surface area contributed by atoms with E-state index in [0.29, 0.717) is 33.5 Å². The lowest BCUT2D eigenvalue weighted by Crippen LogP contribution is -2.15. The molecule has 8 heteroatoms. The zero-order valence-electron chi connectivity index (χ0n) is 16.7. The van der Waals surface area contributed by atoms with Gasteiger partial charge in [-0.1, -0.05) is 20.8 Å². The maximum absolute atomic E-state index is 13.8. The first kappa shape index (κ1) is 22.9. The van der Waals surface area contributed by atoms with Crippen LogP contribution in [0.5, 0.6) is 5.75 Å². The third-order valence-electron chi connectivity index (χ3n) is 4.70. The second-order valence-corrected chi connectivity index (χ2v) is 9.39. The van der Waals surface area contributed by atoms with Gasteiger partial charge in [0.15, 0.2) is 6.61 Å². The van der Waals surface area contributed by atoms with Crippen molar-refractivity contribution < 1.29 is 23.8 Å². The van der Waals surface area contributed by atoms with E-state index in [-0.39, 0.29) is 17.5 Å². The van der Waals surface area contributed by atoms with Crippen LogP contribution >= 0.6 is 45.2 Å². The molecule has 0 aliphatic rings. The number of carbonyl (C=O) groups excluding carboxylic acids is 1. The molecule has 0 amide bonds. The summed E-state index contributed by atoms with van der Waals surface area (Å²) in [5.41, 5.74) is 8.84. The molecule has 3 rings (SSSR count). The number of anilines is 1. The Hall–Kier alpha value is -1.82. The Morgan fingerprint density at radius 3 is 2.53 bits per heavy atom. The number of halogens is 2. The number of carboxylic acids is 1. The third-order valence-corrected chi connectivity index (χ3v) is 6.80. The molecule has 2 aromatic carbocycles. The van der Waals surface area contributed by atoms with Gasteiger partial charge in [0.05, 0.1) is 14.7 Å². The van der Waals surface area contributed by atoms with Gasteiger partial charge in [-0.2, -0.15) is 0 Å². The van der Waals surface area contributed by atoms with Gasteiger partial charge in [0.1, 0.15) is 17.1 Å². The van der Waals surface area contributed by atoms with Crippen LogP contribution in [-0.4, -0.2) is 23.5 Å². The van der Waals surface area contributed by atoms with Crippen molar-refractivity contribution in [1.82, 2.24) is 0 Å². The van der Waals surface area contributed by atoms with E-state index in [9.17, 15) is 9.59 Å². The molecule has 0 bridgehead atoms. The number of ketones is 1. The summed E-state index contributed by atoms with van der Waals surface area (Å²) in [6.45, 7) is 5.38. The summed E-state index contributed by atoms with van der Waals surface area (Å²) in [6, 6.07) is 6.97. The molecule has 3 N–H and O–H groups in total. The van der Waals surface area contributed by atoms with Gasteiger partial charge in [-0.25, -0.2) is 4.79 Å². The molecule has 30 heavy (non-hydrogen) atoms. The highest BCUT2D eigenvalue weighted by Gasteiger charge is 2.28. The number of aliphatic carboxylic acids is 1. The molecule has 0 radical (unpaired) electrons. The van der Waals surface area contributed by atoms with E-state index in [0.717, 1.165) is 19.1 Å². The van der Waals surface area contributed by atoms with Gasteiger partial charge in [-0.05, 0) is 81.4 Å². The molecule has 0 unspecified atom stereocenters. The number of carbonyl (C=O) groups is 2. The summed E-state index contributed by atoms with van der Waals surface area (Å²) in [5.74, 6) is -0.566. The van der Waals surface area contributed by atoms with Crippen LogP contribution in [0.3, 0.4) is 0 Å². The van der Waals surface area contributed by atoms with Crippen molar-refractivity contribution in [2.24, 2.45) is 0 Å². The number of nitrogen functional groups attached to an aromatic ring is 1. The Labute approximate surface area is 201 Å². The zero-order valence-corrected chi connectivity index (χ0v) is 21.0. The summed E-state index contributed by atoms with van der Waals surface area (Å²) in [7, 11) is 0. The minimum atomic E-state index is -1.11. The first-order valence-corrected chi connectivity index (χ1v) is 11.5. The fraction of sp³-hybridized carbons (Fsp3) is 0.273. The molecule has 1 aromatic heterocycles. The zero-order chi connectivity index (χ0) is 22.2. The fourth-order valence-corrected chi connectivity index (χ4v) is 5.91. The monoisotopic (exact) mass is 633 g/mol. The highest BCUT2D eigenvalue weighted by molar-refractivity contribution is 14.1. The van der Waals surface area contributed by atoms with E-state index >= 15 is 0 Å². The second kappa shape index (κ2) is 9.13. The first-order chi connectivity index (χ1) is 14.1. The van der Waals surface area contributed by atoms with Crippen LogP contribution in [0.4, 0.5) is 5.69 Å². The molecule has 3 aromatic rings. The van der Waals surface area contributed by atoms with Crippen LogP contribution in [0.1, 0.15) is 53.9 Å². The number of hydrogen-bond donors (Lipinski definition) is 2. The number of furan rings is 1. The summed E-state index contributed by atoms with van der Waals surface area (Å²) in [4.78, 5) is 24.9. The van der Waals surface area contributed by atoms with Gasteiger partial charge < -0.3 is 20.0 Å². The summed E-state index contributed by atoms with van der Waals surface area (Å²) in [6.07, 6.45) is 0.733. The molecular weight excluding hydrogens is 612 g/mol. The van der Waals surface area contributed by atoms with Crippen molar-refractivity contribution in [2.45, 2.75) is 33.1 Å². The number of fused-ring (bicyclic) bond motifs is 1. The molecule has 0 atom stereocenters. The van der Waals surface area contributed by atoms with Crippen molar-refractivity contribution in [3.05, 3.63) is 53.9 Å². The Balaban J connectivity index is 2.28. The molecule has 0 aliphatic heterocycles. The van der Waals surface area contributed by atoms with Crippen LogP contribution in [-0.2, 0) is 11.2 Å². The molecular formula is C22H21I2NO5. The molecule has 0 spiro atoms. The average Bonchev–Trinajstić information content (AvgIpc) is 3.05. The first-order valence-electron chi connectivity index (χ1n) is 9.37. The lowest BCUT2D eigenvalue weighted by molar-refractivity contribution is -0.139. The lowest BCUT2D eigenvalue weighted by atomic mass is 9.94. The maximum atomic E-state index is 13.8. The molecule has 6 nitrogen and oxygen atoms in total. The summed E-state index contributed by atoms with van der Waals surface area (Å²) < 4.78 is 13.2. The largest absolute Gasteiger partial charge is 0.480 e. The highest BCUT2D eigenvalue weighted by atomic mass is 127. The molecule has 0 aliphatic carbocycles. The second-order valence-electron chi connectivity index (χ2n) is 7.14. The Kier molecular flexibility index (Phi) is 6.95. The quantitative estimate of drug-likeness (QED) is 0.200. The predicted octanol–water partition coefficient (Wildman–Crippen LogP) is 5.60. The topological polar surface area (TPSA) is 103 Å². The highest BCUT2D eigenvalue weighted by Crippen LogP contribution is 2.38. The van der Waals surface area contributed by atoms with Gasteiger partial charge >= 0.3 is 5.97 Å². The normalized spacial score (nSPS) is 11.3. The van der Waals surface area contributed by atoms with Gasteiger partial charge in [0, 0.05) is 20.6 Å². The standard InChI is InChI=1S/C22H21I2NO5/c1-4-12-15(23)8-14(22(19(12)24)29-9-17(26)27)20(28)18-13-7-11(25)5-6-16(13)30-21(18)10(2)3/h5-8,10H,4,9,25H2,1-3H3,(H,26,27). The Bertz CT molecular complexity index is 1150. The van der Waals surface area contributed by atoms with Gasteiger partial charge in [-0.15, -0.1) is 0 Å². The van der Waals surface area contributed by atoms with E-state index in [4.69, 9.17) is 20.0 Å². The van der Waals surface area contributed by atoms with E-state index in [1.165, 1.54) is 0 Å². The number of nitrogens with two attached hydrogens (primary N) is 1. The summed E-state index contributed by atoms with van der Waals surface area (Å²) >= 11 is 4.31. The van der Waals surface area contributed by atoms with Crippen molar-refractivity contribution >= 4 is 73.6 Å². The van der Waals surface area contributed by atoms with Crippen LogP contribution in [0, 0.1) is 7.14 Å². The molecule has 0 saturated carbocycles. The third kappa shape index (κ3) is 4.29. The van der Waals surface area contributed by atoms with Gasteiger partial charge in [0.25, 0.3) is 0 Å². The minimum Gasteiger partial charge on any atom is -0.480 e. The van der Waals surface area contributed by atoms with Crippen LogP contribution in [0.15, 0.2) is 28.7 Å². The van der Waals surface area contributed by atoms with E-state index in [1.807, 2.05) is 20.8 Å². The number of hydrogen-bond acceptors (Lipinski definition) is 5. The van der Waals surface area contributed by atoms with Crippen molar-refractivity contribution in [1.29, 1.82) is 0 Å². The minimum absolute atomic E-state index is 0.0333. The van der Waals surface area contributed by atoms with E-state index in [2.05, 4.69) is 45.2 Å². The molecule has 158 valence electrons. The van der Waals surface area contributed by atoms with Crippen LogP contribution in [0.25, 0.3) is 11.0 Å². The molecule has 0 saturated heterocycles. The van der Waals surface area contributed by atoms with E-state index < -0.39 is 12.6 Å². The fourth-order valence-electron chi connectivity index (χ4n) is 3.32. The average molecular weight is 633 g/mol. The molecule has 0 fully saturated rings. The SMILES string of the molecule is CCc1c(I)cc(C(=O)c2c(C(C)C)oc3ccc(N)cc23)c(OCC(=O)O)c1I. The number of carboxylic acid groups (broad SMARTS) is 1. The Morgan fingerprint density at radius 1 is 1.23 bits per heavy atom. The van der Waals surface area contributed by atoms with Crippen LogP contribution in [0.2, 0.25) is 0 Å². The predicted molar refractivity (Wildman–Crippen MR) is 133 cm³/mol. The maximum Gasteiger partial charge on any atom is 0.341 e. The number of benzene rings is 2. The van der Waals surface area contributed by atoms with E-state index in [1.54, 1.807) is 24.3 Å². The Morgan fingerprint density at radius 2 is 1.93 bits per heavy atom. The van der Waals surface area contributed by atoms with Crippen molar-refractivity contribution in [3.63, 3.8) is 0 Å². The smallest absolute Gasteiger partial charge is 0.341 e. The van der Waals surface area contributed by atoms with Crippen LogP contribution < -0.4 is 10.5 Å². The number of ether oxygens (including phenoxy) is 1. The van der Waals surface area contributed by atoms with Crippen molar-refractivity contribution in [3.8, 4) is 5.75 Å². The molecule has 1 heterocycles. The van der Waals surface area contributed by atoms with Crippen molar-refractivity contribution in [2.75, 3.05) is 12.3 Å². The lowest BCUT2D eigenvalue weighted by Gasteiger charge is -2.16. The number of rotatable bonds is 7. The summed E-state index contributed by atoms with van der Waals surface area (Å²) in [5, 5.41) is 9.74.